The van der Waals surface area contributed by atoms with Crippen LogP contribution < -0.4 is 0 Å². The molecule has 0 atom stereocenters. The average molecular weight is 711 g/mol. The van der Waals surface area contributed by atoms with Crippen LogP contribution in [0.3, 0.4) is 0 Å². The topological polar surface area (TPSA) is 17.8 Å². The smallest absolute Gasteiger partial charge is 0.145 e. The molecule has 0 bridgehead atoms. The highest BCUT2D eigenvalue weighted by atomic mass is 15.1. The van der Waals surface area contributed by atoms with E-state index in [-0.39, 0.29) is 5.41 Å². The lowest BCUT2D eigenvalue weighted by atomic mass is 9.70. The second kappa shape index (κ2) is 11.9. The van der Waals surface area contributed by atoms with E-state index >= 15 is 0 Å². The molecule has 2 aliphatic rings. The fourth-order valence-corrected chi connectivity index (χ4v) is 9.95. The lowest BCUT2D eigenvalue weighted by Gasteiger charge is -2.30. The molecule has 2 nitrogen and oxygen atoms in total. The van der Waals surface area contributed by atoms with E-state index in [9.17, 15) is 0 Å². The predicted molar refractivity (Wildman–Crippen MR) is 231 cm³/mol. The van der Waals surface area contributed by atoms with Crippen molar-refractivity contribution < 1.29 is 0 Å². The maximum Gasteiger partial charge on any atom is 0.145 e. The van der Waals surface area contributed by atoms with Crippen LogP contribution in [0.5, 0.6) is 0 Å². The minimum Gasteiger partial charge on any atom is -0.292 e. The summed E-state index contributed by atoms with van der Waals surface area (Å²) in [4.78, 5) is 5.17. The van der Waals surface area contributed by atoms with Gasteiger partial charge in [-0.3, -0.25) is 4.57 Å². The molecule has 56 heavy (non-hydrogen) atoms. The molecule has 9 aromatic carbocycles. The van der Waals surface area contributed by atoms with Gasteiger partial charge in [-0.05, 0) is 114 Å². The summed E-state index contributed by atoms with van der Waals surface area (Å²) in [5, 5.41) is 2.47. The van der Waals surface area contributed by atoms with Crippen LogP contribution in [0.25, 0.3) is 83.4 Å². The molecule has 10 aromatic rings. The molecule has 0 radical (unpaired) electrons. The van der Waals surface area contributed by atoms with Crippen molar-refractivity contribution in [3.05, 3.63) is 229 Å². The summed E-state index contributed by atoms with van der Waals surface area (Å²) < 4.78 is 2.27. The zero-order valence-electron chi connectivity index (χ0n) is 30.5. The lowest BCUT2D eigenvalue weighted by molar-refractivity contribution is 0.794. The summed E-state index contributed by atoms with van der Waals surface area (Å²) >= 11 is 0. The van der Waals surface area contributed by atoms with Gasteiger partial charge in [0.2, 0.25) is 0 Å². The highest BCUT2D eigenvalue weighted by Gasteiger charge is 2.51. The molecule has 12 rings (SSSR count). The number of fused-ring (bicyclic) bond motifs is 12. The third kappa shape index (κ3) is 4.24. The Kier molecular flexibility index (Phi) is 6.58. The molecule has 1 aromatic heterocycles. The van der Waals surface area contributed by atoms with Crippen LogP contribution in [0.15, 0.2) is 206 Å². The zero-order valence-corrected chi connectivity index (χ0v) is 30.5. The van der Waals surface area contributed by atoms with Crippen molar-refractivity contribution in [3.63, 3.8) is 0 Å². The van der Waals surface area contributed by atoms with Crippen LogP contribution in [0.4, 0.5) is 0 Å². The number of rotatable bonds is 4. The predicted octanol–water partition coefficient (Wildman–Crippen LogP) is 13.5. The SMILES string of the molecule is c1ccc(-n2c(-c3cccc(-c4ccc(-c5ccc6c(c5)C5(c7ccccc7-c7ccccc75)c5ccccc5-6)c5ccccc45)c3)nc3ccccc32)cc1. The van der Waals surface area contributed by atoms with Gasteiger partial charge >= 0.3 is 0 Å². The van der Waals surface area contributed by atoms with Crippen molar-refractivity contribution in [1.29, 1.82) is 0 Å². The maximum absolute atomic E-state index is 5.17. The fraction of sp³-hybridized carbons (Fsp3) is 0.0185. The molecule has 1 spiro atoms. The summed E-state index contributed by atoms with van der Waals surface area (Å²) in [5.41, 5.74) is 19.5. The largest absolute Gasteiger partial charge is 0.292 e. The highest BCUT2D eigenvalue weighted by molar-refractivity contribution is 6.06. The highest BCUT2D eigenvalue weighted by Crippen LogP contribution is 2.63. The summed E-state index contributed by atoms with van der Waals surface area (Å²) in [6, 6.07) is 75.6. The molecule has 2 aliphatic carbocycles. The van der Waals surface area contributed by atoms with Crippen molar-refractivity contribution in [2.45, 2.75) is 5.41 Å². The van der Waals surface area contributed by atoms with Gasteiger partial charge in [0.15, 0.2) is 0 Å². The number of hydrogen-bond donors (Lipinski definition) is 0. The summed E-state index contributed by atoms with van der Waals surface area (Å²) in [5.74, 6) is 0.934. The van der Waals surface area contributed by atoms with Gasteiger partial charge in [-0.2, -0.15) is 0 Å². The maximum atomic E-state index is 5.17. The van der Waals surface area contributed by atoms with Gasteiger partial charge in [0, 0.05) is 11.3 Å². The van der Waals surface area contributed by atoms with Crippen molar-refractivity contribution in [1.82, 2.24) is 9.55 Å². The lowest BCUT2D eigenvalue weighted by Crippen LogP contribution is -2.25. The standard InChI is InChI=1S/C54H34N2/c1-2-17-38(18-3-1)56-52-28-13-12-27-51(52)55-53(56)37-16-14-15-35(33-37)39-31-32-40(42-20-5-4-19-41(39)42)36-29-30-46-45-23-8-11-26-49(45)54(50(46)34-36)47-24-9-6-21-43(47)44-22-7-10-25-48(44)54/h1-34H. The first-order chi connectivity index (χ1) is 27.8. The van der Waals surface area contributed by atoms with Gasteiger partial charge < -0.3 is 0 Å². The van der Waals surface area contributed by atoms with E-state index in [1.807, 2.05) is 0 Å². The van der Waals surface area contributed by atoms with E-state index in [2.05, 4.69) is 211 Å². The van der Waals surface area contributed by atoms with E-state index in [1.54, 1.807) is 0 Å². The summed E-state index contributed by atoms with van der Waals surface area (Å²) in [7, 11) is 0. The molecule has 2 heteroatoms. The monoisotopic (exact) mass is 710 g/mol. The van der Waals surface area contributed by atoms with Gasteiger partial charge in [-0.15, -0.1) is 0 Å². The Morgan fingerprint density at radius 3 is 1.50 bits per heavy atom. The van der Waals surface area contributed by atoms with Crippen LogP contribution in [0.1, 0.15) is 22.3 Å². The first-order valence-corrected chi connectivity index (χ1v) is 19.4. The Bertz CT molecular complexity index is 3140. The Morgan fingerprint density at radius 2 is 0.839 bits per heavy atom. The molecule has 0 unspecified atom stereocenters. The van der Waals surface area contributed by atoms with Crippen molar-refractivity contribution in [3.8, 4) is 61.6 Å². The zero-order chi connectivity index (χ0) is 36.8. The van der Waals surface area contributed by atoms with E-state index in [0.29, 0.717) is 0 Å². The van der Waals surface area contributed by atoms with Gasteiger partial charge in [0.25, 0.3) is 0 Å². The van der Waals surface area contributed by atoms with Gasteiger partial charge in [0.05, 0.1) is 16.4 Å². The van der Waals surface area contributed by atoms with Crippen LogP contribution in [-0.4, -0.2) is 9.55 Å². The van der Waals surface area contributed by atoms with Crippen molar-refractivity contribution in [2.24, 2.45) is 0 Å². The fourth-order valence-electron chi connectivity index (χ4n) is 9.95. The Hall–Kier alpha value is -7.29. The van der Waals surface area contributed by atoms with Crippen LogP contribution in [-0.2, 0) is 5.41 Å². The Balaban J connectivity index is 1.03. The number of aromatic nitrogens is 2. The normalized spacial score (nSPS) is 13.1. The molecular weight excluding hydrogens is 677 g/mol. The molecule has 0 amide bonds. The third-order valence-corrected chi connectivity index (χ3v) is 12.2. The Labute approximate surface area is 325 Å². The molecule has 1 heterocycles. The molecule has 260 valence electrons. The molecule has 0 aliphatic heterocycles. The molecule has 0 fully saturated rings. The summed E-state index contributed by atoms with van der Waals surface area (Å²) in [6.45, 7) is 0. The van der Waals surface area contributed by atoms with Gasteiger partial charge in [-0.25, -0.2) is 4.98 Å². The number of nitrogens with zero attached hydrogens (tertiary/aromatic N) is 2. The third-order valence-electron chi connectivity index (χ3n) is 12.2. The van der Waals surface area contributed by atoms with Gasteiger partial charge in [-0.1, -0.05) is 170 Å². The van der Waals surface area contributed by atoms with Crippen LogP contribution in [0.2, 0.25) is 0 Å². The van der Waals surface area contributed by atoms with Crippen LogP contribution >= 0.6 is 0 Å². The Morgan fingerprint density at radius 1 is 0.339 bits per heavy atom. The van der Waals surface area contributed by atoms with Crippen LogP contribution in [0, 0.1) is 0 Å². The second-order valence-corrected chi connectivity index (χ2v) is 15.0. The quantitative estimate of drug-likeness (QED) is 0.178. The number of benzene rings is 9. The van der Waals surface area contributed by atoms with E-state index in [1.165, 1.54) is 77.5 Å². The van der Waals surface area contributed by atoms with E-state index in [0.717, 1.165) is 28.1 Å². The second-order valence-electron chi connectivity index (χ2n) is 15.0. The minimum absolute atomic E-state index is 0.373. The average Bonchev–Trinajstić information content (AvgIpc) is 3.91. The first kappa shape index (κ1) is 31.1. The molecular formula is C54H34N2. The van der Waals surface area contributed by atoms with Gasteiger partial charge in [0.1, 0.15) is 5.82 Å². The number of imidazole rings is 1. The number of para-hydroxylation sites is 3. The molecule has 0 saturated heterocycles. The summed E-state index contributed by atoms with van der Waals surface area (Å²) in [6.07, 6.45) is 0. The van der Waals surface area contributed by atoms with E-state index in [4.69, 9.17) is 4.98 Å². The molecule has 0 N–H and O–H groups in total. The minimum atomic E-state index is -0.373. The number of hydrogen-bond acceptors (Lipinski definition) is 1. The molecule has 0 saturated carbocycles. The van der Waals surface area contributed by atoms with Crippen molar-refractivity contribution in [2.75, 3.05) is 0 Å². The van der Waals surface area contributed by atoms with E-state index < -0.39 is 0 Å². The first-order valence-electron chi connectivity index (χ1n) is 19.4. The van der Waals surface area contributed by atoms with Crippen molar-refractivity contribution >= 4 is 21.8 Å².